The van der Waals surface area contributed by atoms with E-state index in [-0.39, 0.29) is 18.6 Å². The maximum Gasteiger partial charge on any atom is 0.234 e. The van der Waals surface area contributed by atoms with Crippen LogP contribution in [-0.2, 0) is 16.0 Å². The first-order chi connectivity index (χ1) is 10.3. The summed E-state index contributed by atoms with van der Waals surface area (Å²) in [6, 6.07) is 4.12. The molecule has 2 N–H and O–H groups in total. The molecule has 1 aliphatic rings. The van der Waals surface area contributed by atoms with Crippen LogP contribution in [0.1, 0.15) is 17.7 Å². The molecule has 0 atom stereocenters. The molecule has 1 fully saturated rings. The lowest BCUT2D eigenvalue weighted by atomic mass is 10.1. The van der Waals surface area contributed by atoms with Gasteiger partial charge in [-0.25, -0.2) is 0 Å². The third kappa shape index (κ3) is 6.13. The number of thiophene rings is 1. The number of likely N-dealkylation sites (tertiary alicyclic amines) is 1. The fourth-order valence-corrected chi connectivity index (χ4v) is 3.20. The van der Waals surface area contributed by atoms with Crippen LogP contribution in [0.25, 0.3) is 0 Å². The van der Waals surface area contributed by atoms with Crippen molar-refractivity contribution in [2.24, 2.45) is 0 Å². The first-order valence-corrected chi connectivity index (χ1v) is 8.40. The minimum absolute atomic E-state index is 0.0763. The number of nitrogens with zero attached hydrogens (tertiary/aromatic N) is 1. The van der Waals surface area contributed by atoms with Crippen LogP contribution in [0, 0.1) is 0 Å². The second kappa shape index (κ2) is 9.15. The highest BCUT2D eigenvalue weighted by Gasteiger charge is 2.20. The number of carbonyl (C=O) groups is 1. The molecule has 1 saturated heterocycles. The Morgan fingerprint density at radius 1 is 1.48 bits per heavy atom. The van der Waals surface area contributed by atoms with E-state index in [2.05, 4.69) is 21.7 Å². The summed E-state index contributed by atoms with van der Waals surface area (Å²) in [5.74, 6) is 0.0984. The van der Waals surface area contributed by atoms with Crippen LogP contribution in [0.3, 0.4) is 0 Å². The SMILES string of the molecule is O=C(CN1CCC(OCCO)CC1)NCCc1cccs1. The zero-order valence-corrected chi connectivity index (χ0v) is 13.1. The summed E-state index contributed by atoms with van der Waals surface area (Å²) in [4.78, 5) is 15.3. The molecule has 0 saturated carbocycles. The molecule has 0 spiro atoms. The first kappa shape index (κ1) is 16.4. The Balaban J connectivity index is 1.56. The molecule has 1 aromatic heterocycles. The molecule has 2 heterocycles. The van der Waals surface area contributed by atoms with E-state index >= 15 is 0 Å². The Kier molecular flexibility index (Phi) is 7.15. The Bertz CT molecular complexity index is 403. The molecule has 2 rings (SSSR count). The molecule has 1 aliphatic heterocycles. The Hall–Kier alpha value is -0.950. The number of hydrogen-bond donors (Lipinski definition) is 2. The number of rotatable bonds is 8. The maximum atomic E-state index is 11.9. The number of carbonyl (C=O) groups excluding carboxylic acids is 1. The predicted molar refractivity (Wildman–Crippen MR) is 83.5 cm³/mol. The number of aliphatic hydroxyl groups is 1. The minimum Gasteiger partial charge on any atom is -0.394 e. The van der Waals surface area contributed by atoms with Gasteiger partial charge in [-0.2, -0.15) is 0 Å². The molecule has 0 unspecified atom stereocenters. The van der Waals surface area contributed by atoms with E-state index in [0.717, 1.165) is 32.4 Å². The van der Waals surface area contributed by atoms with Crippen LogP contribution in [-0.4, -0.2) is 61.4 Å². The van der Waals surface area contributed by atoms with Gasteiger partial charge in [0.15, 0.2) is 0 Å². The van der Waals surface area contributed by atoms with Gasteiger partial charge in [-0.1, -0.05) is 6.07 Å². The van der Waals surface area contributed by atoms with Gasteiger partial charge in [0.2, 0.25) is 5.91 Å². The lowest BCUT2D eigenvalue weighted by Gasteiger charge is -2.31. The molecule has 118 valence electrons. The third-order valence-electron chi connectivity index (χ3n) is 3.62. The van der Waals surface area contributed by atoms with Crippen molar-refractivity contribution in [2.45, 2.75) is 25.4 Å². The van der Waals surface area contributed by atoms with Crippen molar-refractivity contribution in [3.8, 4) is 0 Å². The van der Waals surface area contributed by atoms with Crippen LogP contribution >= 0.6 is 11.3 Å². The molecule has 0 aromatic carbocycles. The molecule has 0 aliphatic carbocycles. The number of piperidine rings is 1. The number of amides is 1. The van der Waals surface area contributed by atoms with Gasteiger partial charge in [-0.15, -0.1) is 11.3 Å². The first-order valence-electron chi connectivity index (χ1n) is 7.52. The van der Waals surface area contributed by atoms with Crippen LogP contribution in [0.2, 0.25) is 0 Å². The lowest BCUT2D eigenvalue weighted by Crippen LogP contribution is -2.43. The lowest BCUT2D eigenvalue weighted by molar-refractivity contribution is -0.123. The van der Waals surface area contributed by atoms with E-state index in [4.69, 9.17) is 9.84 Å². The van der Waals surface area contributed by atoms with Crippen molar-refractivity contribution in [3.05, 3.63) is 22.4 Å². The van der Waals surface area contributed by atoms with Crippen molar-refractivity contribution in [3.63, 3.8) is 0 Å². The van der Waals surface area contributed by atoms with E-state index in [9.17, 15) is 4.79 Å². The molecule has 1 aromatic rings. The van der Waals surface area contributed by atoms with Gasteiger partial charge in [0.05, 0.1) is 25.9 Å². The van der Waals surface area contributed by atoms with Gasteiger partial charge >= 0.3 is 0 Å². The van der Waals surface area contributed by atoms with Crippen LogP contribution in [0.4, 0.5) is 0 Å². The molecular formula is C15H24N2O3S. The molecule has 6 heteroatoms. The van der Waals surface area contributed by atoms with Crippen molar-refractivity contribution >= 4 is 17.2 Å². The maximum absolute atomic E-state index is 11.9. The molecule has 0 radical (unpaired) electrons. The van der Waals surface area contributed by atoms with Crippen molar-refractivity contribution in [1.29, 1.82) is 0 Å². The molecular weight excluding hydrogens is 288 g/mol. The van der Waals surface area contributed by atoms with Crippen molar-refractivity contribution < 1.29 is 14.6 Å². The molecule has 5 nitrogen and oxygen atoms in total. The Morgan fingerprint density at radius 2 is 2.29 bits per heavy atom. The summed E-state index contributed by atoms with van der Waals surface area (Å²) in [5.41, 5.74) is 0. The smallest absolute Gasteiger partial charge is 0.234 e. The number of ether oxygens (including phenoxy) is 1. The zero-order chi connectivity index (χ0) is 14.9. The average molecular weight is 312 g/mol. The minimum atomic E-state index is 0.0763. The molecule has 21 heavy (non-hydrogen) atoms. The van der Waals surface area contributed by atoms with E-state index in [1.54, 1.807) is 11.3 Å². The number of aliphatic hydroxyl groups excluding tert-OH is 1. The van der Waals surface area contributed by atoms with Gasteiger partial charge < -0.3 is 15.2 Å². The average Bonchev–Trinajstić information content (AvgIpc) is 3.00. The predicted octanol–water partition coefficient (Wildman–Crippen LogP) is 0.880. The second-order valence-corrected chi connectivity index (χ2v) is 6.28. The fourth-order valence-electron chi connectivity index (χ4n) is 2.49. The van der Waals surface area contributed by atoms with Crippen LogP contribution < -0.4 is 5.32 Å². The van der Waals surface area contributed by atoms with E-state index in [1.807, 2.05) is 6.07 Å². The van der Waals surface area contributed by atoms with Gasteiger partial charge in [-0.05, 0) is 30.7 Å². The summed E-state index contributed by atoms with van der Waals surface area (Å²) < 4.78 is 5.52. The van der Waals surface area contributed by atoms with Crippen molar-refractivity contribution in [2.75, 3.05) is 39.4 Å². The summed E-state index contributed by atoms with van der Waals surface area (Å²) in [7, 11) is 0. The van der Waals surface area contributed by atoms with Gasteiger partial charge in [-0.3, -0.25) is 9.69 Å². The Labute approximate surface area is 129 Å². The Morgan fingerprint density at radius 3 is 2.95 bits per heavy atom. The van der Waals surface area contributed by atoms with Crippen LogP contribution in [0.15, 0.2) is 17.5 Å². The van der Waals surface area contributed by atoms with Gasteiger partial charge in [0.1, 0.15) is 0 Å². The standard InChI is InChI=1S/C15H24N2O3S/c18-9-10-20-13-4-7-17(8-5-13)12-15(19)16-6-3-14-2-1-11-21-14/h1-2,11,13,18H,3-10,12H2,(H,16,19). The summed E-state index contributed by atoms with van der Waals surface area (Å²) in [6.07, 6.45) is 3.00. The number of hydrogen-bond acceptors (Lipinski definition) is 5. The molecule has 1 amide bonds. The van der Waals surface area contributed by atoms with E-state index in [1.165, 1.54) is 4.88 Å². The highest BCUT2D eigenvalue weighted by molar-refractivity contribution is 7.09. The number of nitrogens with one attached hydrogen (secondary N) is 1. The van der Waals surface area contributed by atoms with Crippen molar-refractivity contribution in [1.82, 2.24) is 10.2 Å². The third-order valence-corrected chi connectivity index (χ3v) is 4.56. The zero-order valence-electron chi connectivity index (χ0n) is 12.3. The topological polar surface area (TPSA) is 61.8 Å². The summed E-state index contributed by atoms with van der Waals surface area (Å²) >= 11 is 1.72. The largest absolute Gasteiger partial charge is 0.394 e. The van der Waals surface area contributed by atoms with E-state index < -0.39 is 0 Å². The highest BCUT2D eigenvalue weighted by Crippen LogP contribution is 2.13. The van der Waals surface area contributed by atoms with Gasteiger partial charge in [0, 0.05) is 24.5 Å². The highest BCUT2D eigenvalue weighted by atomic mass is 32.1. The summed E-state index contributed by atoms with van der Waals surface area (Å²) in [5, 5.41) is 13.8. The summed E-state index contributed by atoms with van der Waals surface area (Å²) in [6.45, 7) is 3.43. The monoisotopic (exact) mass is 312 g/mol. The second-order valence-electron chi connectivity index (χ2n) is 5.25. The fraction of sp³-hybridized carbons (Fsp3) is 0.667. The quantitative estimate of drug-likeness (QED) is 0.748. The van der Waals surface area contributed by atoms with Gasteiger partial charge in [0.25, 0.3) is 0 Å². The normalized spacial score (nSPS) is 17.0. The van der Waals surface area contributed by atoms with Crippen LogP contribution in [0.5, 0.6) is 0 Å². The molecule has 0 bridgehead atoms. The van der Waals surface area contributed by atoms with E-state index in [0.29, 0.717) is 19.7 Å².